The zero-order valence-corrected chi connectivity index (χ0v) is 15.4. The lowest BCUT2D eigenvalue weighted by Gasteiger charge is -2.32. The molecule has 27 heavy (non-hydrogen) atoms. The topological polar surface area (TPSA) is 61.5 Å². The number of piperidine rings is 1. The van der Waals surface area contributed by atoms with Gasteiger partial charge in [0.25, 0.3) is 5.91 Å². The van der Waals surface area contributed by atoms with Crippen molar-refractivity contribution in [2.24, 2.45) is 0 Å². The average Bonchev–Trinajstić information content (AvgIpc) is 3.20. The number of nitrogens with zero attached hydrogens (tertiary/aromatic N) is 3. The molecule has 0 bridgehead atoms. The zero-order valence-electron chi connectivity index (χ0n) is 15.4. The van der Waals surface area contributed by atoms with Crippen molar-refractivity contribution in [3.63, 3.8) is 0 Å². The molecular weight excluding hydrogens is 347 g/mol. The number of hydrogen-bond donors (Lipinski definition) is 1. The Morgan fingerprint density at radius 2 is 2.00 bits per heavy atom. The van der Waals surface area contributed by atoms with E-state index in [0.717, 1.165) is 43.7 Å². The molecule has 0 aliphatic carbocycles. The number of aromatic nitrogens is 2. The number of likely N-dealkylation sites (tertiary alicyclic amines) is 1. The highest BCUT2D eigenvalue weighted by molar-refractivity contribution is 5.92. The van der Waals surface area contributed by atoms with Crippen LogP contribution in [0.25, 0.3) is 0 Å². The molecule has 0 unspecified atom stereocenters. The van der Waals surface area contributed by atoms with Crippen molar-refractivity contribution in [2.75, 3.05) is 39.4 Å². The Labute approximate surface area is 158 Å². The van der Waals surface area contributed by atoms with Gasteiger partial charge in [-0.1, -0.05) is 12.1 Å². The molecule has 2 fully saturated rings. The van der Waals surface area contributed by atoms with Crippen LogP contribution in [0.5, 0.6) is 0 Å². The van der Waals surface area contributed by atoms with Gasteiger partial charge in [-0.2, -0.15) is 5.10 Å². The Balaban J connectivity index is 1.38. The van der Waals surface area contributed by atoms with Gasteiger partial charge < -0.3 is 9.64 Å². The molecule has 0 radical (unpaired) electrons. The highest BCUT2D eigenvalue weighted by Crippen LogP contribution is 2.27. The molecule has 2 aliphatic rings. The number of nitrogens with one attached hydrogen (secondary N) is 1. The van der Waals surface area contributed by atoms with Gasteiger partial charge in [0.05, 0.1) is 13.2 Å². The van der Waals surface area contributed by atoms with Gasteiger partial charge in [0.2, 0.25) is 0 Å². The minimum atomic E-state index is -0.204. The number of amides is 1. The van der Waals surface area contributed by atoms with Crippen molar-refractivity contribution in [1.29, 1.82) is 0 Å². The molecule has 2 saturated heterocycles. The van der Waals surface area contributed by atoms with E-state index in [1.807, 2.05) is 18.2 Å². The van der Waals surface area contributed by atoms with Gasteiger partial charge in [0.15, 0.2) is 0 Å². The van der Waals surface area contributed by atoms with Gasteiger partial charge in [0, 0.05) is 37.8 Å². The lowest BCUT2D eigenvalue weighted by atomic mass is 9.94. The van der Waals surface area contributed by atoms with Crippen molar-refractivity contribution in [1.82, 2.24) is 20.0 Å². The maximum Gasteiger partial charge on any atom is 0.274 e. The third-order valence-corrected chi connectivity index (χ3v) is 5.38. The fourth-order valence-corrected chi connectivity index (χ4v) is 3.88. The average molecular weight is 372 g/mol. The Hall–Kier alpha value is -2.25. The van der Waals surface area contributed by atoms with Crippen LogP contribution in [-0.2, 0) is 11.3 Å². The third-order valence-electron chi connectivity index (χ3n) is 5.38. The van der Waals surface area contributed by atoms with Crippen LogP contribution in [0.4, 0.5) is 4.39 Å². The van der Waals surface area contributed by atoms with Crippen molar-refractivity contribution < 1.29 is 13.9 Å². The number of H-pyrrole nitrogens is 1. The standard InChI is InChI=1S/C20H25FN4O2/c21-17-5-3-15(4-6-17)13-24-7-1-2-16(14-24)18-12-19(23-22-18)20(26)25-8-10-27-11-9-25/h3-6,12,16H,1-2,7-11,13-14H2,(H,22,23)/t16-/m1/s1. The monoisotopic (exact) mass is 372 g/mol. The highest BCUT2D eigenvalue weighted by Gasteiger charge is 2.26. The number of ether oxygens (including phenoxy) is 1. The van der Waals surface area contributed by atoms with Crippen LogP contribution in [0.15, 0.2) is 30.3 Å². The fraction of sp³-hybridized carbons (Fsp3) is 0.500. The molecule has 0 spiro atoms. The summed E-state index contributed by atoms with van der Waals surface area (Å²) in [7, 11) is 0. The molecule has 1 atom stereocenters. The predicted octanol–water partition coefficient (Wildman–Crippen LogP) is 2.40. The van der Waals surface area contributed by atoms with Gasteiger partial charge in [-0.3, -0.25) is 14.8 Å². The van der Waals surface area contributed by atoms with Gasteiger partial charge >= 0.3 is 0 Å². The van der Waals surface area contributed by atoms with Gasteiger partial charge in [-0.15, -0.1) is 0 Å². The van der Waals surface area contributed by atoms with Crippen LogP contribution in [-0.4, -0.2) is 65.3 Å². The van der Waals surface area contributed by atoms with Gasteiger partial charge in [0.1, 0.15) is 11.5 Å². The van der Waals surface area contributed by atoms with E-state index in [4.69, 9.17) is 4.74 Å². The summed E-state index contributed by atoms with van der Waals surface area (Å²) in [5, 5.41) is 7.35. The molecule has 2 aromatic rings. The largest absolute Gasteiger partial charge is 0.378 e. The summed E-state index contributed by atoms with van der Waals surface area (Å²) in [6.45, 7) is 5.16. The van der Waals surface area contributed by atoms with Gasteiger partial charge in [-0.05, 0) is 43.1 Å². The van der Waals surface area contributed by atoms with Gasteiger partial charge in [-0.25, -0.2) is 4.39 Å². The van der Waals surface area contributed by atoms with E-state index in [0.29, 0.717) is 37.9 Å². The number of rotatable bonds is 4. The smallest absolute Gasteiger partial charge is 0.274 e. The van der Waals surface area contributed by atoms with E-state index in [-0.39, 0.29) is 11.7 Å². The molecule has 1 aromatic carbocycles. The molecular formula is C20H25FN4O2. The molecule has 7 heteroatoms. The second kappa shape index (κ2) is 8.19. The zero-order chi connectivity index (χ0) is 18.6. The van der Waals surface area contributed by atoms with Crippen LogP contribution in [0, 0.1) is 5.82 Å². The number of halogens is 1. The third kappa shape index (κ3) is 4.36. The second-order valence-electron chi connectivity index (χ2n) is 7.31. The summed E-state index contributed by atoms with van der Waals surface area (Å²) in [6.07, 6.45) is 2.17. The quantitative estimate of drug-likeness (QED) is 0.895. The Kier molecular flexibility index (Phi) is 5.50. The Bertz CT molecular complexity index is 771. The first-order valence-corrected chi connectivity index (χ1v) is 9.58. The molecule has 1 amide bonds. The van der Waals surface area contributed by atoms with Crippen molar-refractivity contribution >= 4 is 5.91 Å². The van der Waals surface area contributed by atoms with E-state index in [1.165, 1.54) is 12.1 Å². The SMILES string of the molecule is O=C(c1cc([C@@H]2CCCN(Cc3ccc(F)cc3)C2)[nH]n1)N1CCOCC1. The maximum absolute atomic E-state index is 13.1. The summed E-state index contributed by atoms with van der Waals surface area (Å²) in [6, 6.07) is 8.61. The number of morpholine rings is 1. The summed E-state index contributed by atoms with van der Waals surface area (Å²) >= 11 is 0. The van der Waals surface area contributed by atoms with Crippen molar-refractivity contribution in [3.05, 3.63) is 53.1 Å². The molecule has 2 aliphatic heterocycles. The maximum atomic E-state index is 13.1. The molecule has 1 aromatic heterocycles. The van der Waals surface area contributed by atoms with E-state index in [9.17, 15) is 9.18 Å². The second-order valence-corrected chi connectivity index (χ2v) is 7.31. The summed E-state index contributed by atoms with van der Waals surface area (Å²) in [5.41, 5.74) is 2.63. The van der Waals surface area contributed by atoms with E-state index >= 15 is 0 Å². The molecule has 144 valence electrons. The van der Waals surface area contributed by atoms with Crippen molar-refractivity contribution in [3.8, 4) is 0 Å². The van der Waals surface area contributed by atoms with E-state index in [1.54, 1.807) is 4.90 Å². The lowest BCUT2D eigenvalue weighted by molar-refractivity contribution is 0.0299. The van der Waals surface area contributed by atoms with Crippen LogP contribution in [0.2, 0.25) is 0 Å². The first kappa shape index (κ1) is 18.1. The molecule has 6 nitrogen and oxygen atoms in total. The lowest BCUT2D eigenvalue weighted by Crippen LogP contribution is -2.40. The molecule has 3 heterocycles. The number of carbonyl (C=O) groups excluding carboxylic acids is 1. The minimum absolute atomic E-state index is 0.0280. The Morgan fingerprint density at radius 3 is 2.78 bits per heavy atom. The van der Waals surface area contributed by atoms with Crippen molar-refractivity contribution in [2.45, 2.75) is 25.3 Å². The number of carbonyl (C=O) groups is 1. The predicted molar refractivity (Wildman–Crippen MR) is 99.0 cm³/mol. The van der Waals surface area contributed by atoms with E-state index < -0.39 is 0 Å². The number of aromatic amines is 1. The first-order chi connectivity index (χ1) is 13.2. The minimum Gasteiger partial charge on any atom is -0.378 e. The van der Waals surface area contributed by atoms with Crippen LogP contribution in [0.1, 0.15) is 40.5 Å². The molecule has 4 rings (SSSR count). The Morgan fingerprint density at radius 1 is 1.22 bits per heavy atom. The summed E-state index contributed by atoms with van der Waals surface area (Å²) in [5.74, 6) is 0.0999. The summed E-state index contributed by atoms with van der Waals surface area (Å²) in [4.78, 5) is 16.8. The number of benzene rings is 1. The highest BCUT2D eigenvalue weighted by atomic mass is 19.1. The summed E-state index contributed by atoms with van der Waals surface area (Å²) < 4.78 is 18.4. The molecule has 1 N–H and O–H groups in total. The first-order valence-electron chi connectivity index (χ1n) is 9.58. The normalized spacial score (nSPS) is 21.4. The fourth-order valence-electron chi connectivity index (χ4n) is 3.88. The molecule has 0 saturated carbocycles. The van der Waals surface area contributed by atoms with E-state index in [2.05, 4.69) is 15.1 Å². The van der Waals surface area contributed by atoms with Crippen LogP contribution >= 0.6 is 0 Å². The van der Waals surface area contributed by atoms with Crippen LogP contribution < -0.4 is 0 Å². The van der Waals surface area contributed by atoms with Crippen LogP contribution in [0.3, 0.4) is 0 Å². The number of hydrogen-bond acceptors (Lipinski definition) is 4.